The molecule has 0 radical (unpaired) electrons. The first kappa shape index (κ1) is 21.4. The molecule has 0 saturated heterocycles. The Kier molecular flexibility index (Phi) is 5.55. The Labute approximate surface area is 195 Å². The van der Waals surface area contributed by atoms with Gasteiger partial charge in [-0.15, -0.1) is 0 Å². The van der Waals surface area contributed by atoms with Crippen molar-refractivity contribution in [2.75, 3.05) is 23.9 Å². The van der Waals surface area contributed by atoms with Crippen molar-refractivity contribution in [3.63, 3.8) is 0 Å². The molecular formula is C26H21FN4O3. The van der Waals surface area contributed by atoms with Crippen molar-refractivity contribution in [3.05, 3.63) is 89.9 Å². The second-order valence-electron chi connectivity index (χ2n) is 7.81. The van der Waals surface area contributed by atoms with E-state index >= 15 is 0 Å². The number of methoxy groups -OCH3 is 1. The fraction of sp³-hybridized carbons (Fsp3) is 0.115. The second kappa shape index (κ2) is 8.82. The quantitative estimate of drug-likeness (QED) is 0.414. The number of ether oxygens (including phenoxy) is 1. The Morgan fingerprint density at radius 1 is 1.09 bits per heavy atom. The van der Waals surface area contributed by atoms with Gasteiger partial charge in [-0.3, -0.25) is 0 Å². The highest BCUT2D eigenvalue weighted by Gasteiger charge is 2.25. The van der Waals surface area contributed by atoms with Gasteiger partial charge in [-0.1, -0.05) is 18.2 Å². The van der Waals surface area contributed by atoms with Crippen LogP contribution in [0.5, 0.6) is 5.75 Å². The van der Waals surface area contributed by atoms with Gasteiger partial charge in [0.25, 0.3) is 0 Å². The van der Waals surface area contributed by atoms with Crippen LogP contribution < -0.4 is 15.0 Å². The molecule has 0 saturated carbocycles. The maximum absolute atomic E-state index is 14.8. The molecule has 8 heteroatoms. The molecule has 1 aliphatic rings. The minimum atomic E-state index is -1.05. The summed E-state index contributed by atoms with van der Waals surface area (Å²) in [5.41, 5.74) is 4.11. The van der Waals surface area contributed by atoms with Crippen LogP contribution in [0.4, 0.5) is 27.4 Å². The van der Waals surface area contributed by atoms with E-state index < -0.39 is 5.97 Å². The third-order valence-corrected chi connectivity index (χ3v) is 5.73. The summed E-state index contributed by atoms with van der Waals surface area (Å²) in [4.78, 5) is 22.7. The predicted octanol–water partition coefficient (Wildman–Crippen LogP) is 5.43. The Morgan fingerprint density at radius 3 is 2.74 bits per heavy atom. The van der Waals surface area contributed by atoms with Gasteiger partial charge in [0.2, 0.25) is 5.95 Å². The number of hydrogen-bond acceptors (Lipinski definition) is 6. The molecule has 0 bridgehead atoms. The molecule has 5 rings (SSSR count). The summed E-state index contributed by atoms with van der Waals surface area (Å²) < 4.78 is 20.0. The van der Waals surface area contributed by atoms with Gasteiger partial charge in [-0.25, -0.2) is 19.2 Å². The number of anilines is 4. The smallest absolute Gasteiger partial charge is 0.335 e. The minimum absolute atomic E-state index is 0.118. The summed E-state index contributed by atoms with van der Waals surface area (Å²) in [5.74, 6) is -0.345. The lowest BCUT2D eigenvalue weighted by molar-refractivity contribution is 0.0697. The highest BCUT2D eigenvalue weighted by Crippen LogP contribution is 2.40. The average Bonchev–Trinajstić information content (AvgIpc) is 3.01. The van der Waals surface area contributed by atoms with Gasteiger partial charge in [0.05, 0.1) is 29.7 Å². The molecule has 34 heavy (non-hydrogen) atoms. The standard InChI is InChI=1S/C26H21FN4O3/c1-34-19-6-4-5-18(14-19)29-26-28-15-17-11-12-31(22-8-3-2-7-21(22)27)23-13-16(25(32)33)9-10-20(23)24(17)30-26/h2-10,13-15H,11-12H2,1H3,(H,32,33)(H,28,29,30). The normalized spacial score (nSPS) is 12.4. The van der Waals surface area contributed by atoms with Crippen LogP contribution in [0.1, 0.15) is 15.9 Å². The fourth-order valence-electron chi connectivity index (χ4n) is 4.07. The molecule has 2 N–H and O–H groups in total. The third kappa shape index (κ3) is 4.01. The van der Waals surface area contributed by atoms with Gasteiger partial charge in [0, 0.05) is 30.1 Å². The Hall–Kier alpha value is -4.46. The van der Waals surface area contributed by atoms with Crippen molar-refractivity contribution in [2.45, 2.75) is 6.42 Å². The molecule has 0 unspecified atom stereocenters. The zero-order chi connectivity index (χ0) is 23.7. The number of carbonyl (C=O) groups is 1. The average molecular weight is 456 g/mol. The molecule has 0 spiro atoms. The number of nitrogens with zero attached hydrogens (tertiary/aromatic N) is 3. The number of para-hydroxylation sites is 1. The first-order chi connectivity index (χ1) is 16.5. The van der Waals surface area contributed by atoms with Crippen LogP contribution in [0.2, 0.25) is 0 Å². The first-order valence-electron chi connectivity index (χ1n) is 10.7. The molecule has 3 aromatic carbocycles. The van der Waals surface area contributed by atoms with Crippen molar-refractivity contribution in [1.82, 2.24) is 9.97 Å². The Bertz CT molecular complexity index is 1390. The first-order valence-corrected chi connectivity index (χ1v) is 10.7. The molecule has 2 heterocycles. The largest absolute Gasteiger partial charge is 0.497 e. The summed E-state index contributed by atoms with van der Waals surface area (Å²) >= 11 is 0. The molecular weight excluding hydrogens is 435 g/mol. The zero-order valence-electron chi connectivity index (χ0n) is 18.3. The highest BCUT2D eigenvalue weighted by molar-refractivity contribution is 5.93. The van der Waals surface area contributed by atoms with Gasteiger partial charge >= 0.3 is 5.97 Å². The molecule has 0 fully saturated rings. The minimum Gasteiger partial charge on any atom is -0.497 e. The summed E-state index contributed by atoms with van der Waals surface area (Å²) in [6, 6.07) is 18.7. The van der Waals surface area contributed by atoms with E-state index in [9.17, 15) is 14.3 Å². The van der Waals surface area contributed by atoms with Gasteiger partial charge in [0.15, 0.2) is 0 Å². The van der Waals surface area contributed by atoms with E-state index in [2.05, 4.69) is 10.3 Å². The van der Waals surface area contributed by atoms with Crippen molar-refractivity contribution >= 4 is 29.0 Å². The number of halogens is 1. The van der Waals surface area contributed by atoms with E-state index in [0.717, 1.165) is 11.3 Å². The van der Waals surface area contributed by atoms with Crippen LogP contribution in [-0.4, -0.2) is 34.7 Å². The van der Waals surface area contributed by atoms with E-state index in [1.54, 1.807) is 48.5 Å². The van der Waals surface area contributed by atoms with Crippen LogP contribution in [0, 0.1) is 5.82 Å². The van der Waals surface area contributed by atoms with Crippen molar-refractivity contribution in [2.24, 2.45) is 0 Å². The SMILES string of the molecule is COc1cccc(Nc2ncc3c(n2)-c2ccc(C(=O)O)cc2N(c2ccccc2F)CC3)c1. The second-order valence-corrected chi connectivity index (χ2v) is 7.81. The fourth-order valence-corrected chi connectivity index (χ4v) is 4.07. The summed E-state index contributed by atoms with van der Waals surface area (Å²) in [6.45, 7) is 0.441. The van der Waals surface area contributed by atoms with Crippen molar-refractivity contribution < 1.29 is 19.0 Å². The number of aromatic nitrogens is 2. The van der Waals surface area contributed by atoms with Gasteiger partial charge in [0.1, 0.15) is 11.6 Å². The lowest BCUT2D eigenvalue weighted by atomic mass is 10.0. The Balaban J connectivity index is 1.62. The number of rotatable bonds is 5. The molecule has 170 valence electrons. The van der Waals surface area contributed by atoms with Gasteiger partial charge in [-0.2, -0.15) is 0 Å². The van der Waals surface area contributed by atoms with E-state index in [-0.39, 0.29) is 11.4 Å². The maximum atomic E-state index is 14.8. The molecule has 0 amide bonds. The summed E-state index contributed by atoms with van der Waals surface area (Å²) in [6.07, 6.45) is 2.31. The van der Waals surface area contributed by atoms with Crippen LogP contribution in [-0.2, 0) is 6.42 Å². The van der Waals surface area contributed by atoms with Gasteiger partial charge < -0.3 is 20.1 Å². The third-order valence-electron chi connectivity index (χ3n) is 5.73. The number of carboxylic acids is 1. The molecule has 0 atom stereocenters. The lowest BCUT2D eigenvalue weighted by Gasteiger charge is -2.25. The number of aromatic carboxylic acids is 1. The summed E-state index contributed by atoms with van der Waals surface area (Å²) in [7, 11) is 1.60. The van der Waals surface area contributed by atoms with Gasteiger partial charge in [-0.05, 0) is 54.4 Å². The maximum Gasteiger partial charge on any atom is 0.335 e. The predicted molar refractivity (Wildman–Crippen MR) is 128 cm³/mol. The van der Waals surface area contributed by atoms with Crippen LogP contribution in [0.3, 0.4) is 0 Å². The molecule has 0 aliphatic carbocycles. The van der Waals surface area contributed by atoms with E-state index in [0.29, 0.717) is 47.3 Å². The number of hydrogen-bond donors (Lipinski definition) is 2. The van der Waals surface area contributed by atoms with E-state index in [4.69, 9.17) is 9.72 Å². The monoisotopic (exact) mass is 456 g/mol. The molecule has 1 aromatic heterocycles. The summed E-state index contributed by atoms with van der Waals surface area (Å²) in [5, 5.41) is 12.8. The zero-order valence-corrected chi connectivity index (χ0v) is 18.3. The van der Waals surface area contributed by atoms with Crippen molar-refractivity contribution in [3.8, 4) is 17.0 Å². The van der Waals surface area contributed by atoms with E-state index in [1.807, 2.05) is 24.3 Å². The molecule has 4 aromatic rings. The van der Waals surface area contributed by atoms with E-state index in [1.165, 1.54) is 12.1 Å². The van der Waals surface area contributed by atoms with Crippen molar-refractivity contribution in [1.29, 1.82) is 0 Å². The van der Waals surface area contributed by atoms with Crippen LogP contribution in [0.25, 0.3) is 11.3 Å². The number of carboxylic acid groups (broad SMARTS) is 1. The lowest BCUT2D eigenvalue weighted by Crippen LogP contribution is -2.20. The molecule has 1 aliphatic heterocycles. The van der Waals surface area contributed by atoms with Crippen LogP contribution in [0.15, 0.2) is 72.9 Å². The molecule has 7 nitrogen and oxygen atoms in total. The number of nitrogens with one attached hydrogen (secondary N) is 1. The number of fused-ring (bicyclic) bond motifs is 3. The topological polar surface area (TPSA) is 87.6 Å². The Morgan fingerprint density at radius 2 is 1.94 bits per heavy atom. The van der Waals surface area contributed by atoms with Crippen LogP contribution >= 0.6 is 0 Å². The number of benzene rings is 3. The highest BCUT2D eigenvalue weighted by atomic mass is 19.1.